The number of ether oxygens (including phenoxy) is 1. The number of aliphatic hydroxyl groups is 1. The molecule has 2 N–H and O–H groups in total. The second-order valence-electron chi connectivity index (χ2n) is 4.94. The van der Waals surface area contributed by atoms with Gasteiger partial charge >= 0.3 is 0 Å². The first kappa shape index (κ1) is 15.4. The van der Waals surface area contributed by atoms with Gasteiger partial charge in [-0.25, -0.2) is 0 Å². The van der Waals surface area contributed by atoms with Gasteiger partial charge in [0.1, 0.15) is 0 Å². The molecular formula is C12H25NO3. The molecule has 96 valence electrons. The first-order valence-corrected chi connectivity index (χ1v) is 5.90. The number of hydrogen-bond donors (Lipinski definition) is 2. The van der Waals surface area contributed by atoms with Crippen LogP contribution >= 0.6 is 0 Å². The maximum Gasteiger partial charge on any atom is 0.222 e. The minimum atomic E-state index is -0.338. The van der Waals surface area contributed by atoms with Crippen LogP contribution in [0.15, 0.2) is 0 Å². The van der Waals surface area contributed by atoms with Crippen molar-refractivity contribution in [1.29, 1.82) is 0 Å². The van der Waals surface area contributed by atoms with Crippen molar-refractivity contribution in [2.45, 2.75) is 46.6 Å². The summed E-state index contributed by atoms with van der Waals surface area (Å²) in [6.45, 7) is 9.43. The highest BCUT2D eigenvalue weighted by Gasteiger charge is 2.20. The van der Waals surface area contributed by atoms with E-state index in [-0.39, 0.29) is 17.4 Å². The molecule has 0 aliphatic rings. The van der Waals surface area contributed by atoms with Crippen LogP contribution in [0.1, 0.15) is 40.5 Å². The van der Waals surface area contributed by atoms with Crippen LogP contribution in [0, 0.1) is 5.41 Å². The minimum absolute atomic E-state index is 0.00659. The van der Waals surface area contributed by atoms with E-state index in [0.29, 0.717) is 32.6 Å². The summed E-state index contributed by atoms with van der Waals surface area (Å²) in [6, 6.07) is 0. The molecule has 0 aliphatic heterocycles. The van der Waals surface area contributed by atoms with E-state index in [9.17, 15) is 9.90 Å². The zero-order chi connectivity index (χ0) is 12.6. The molecule has 0 rings (SSSR count). The molecule has 0 spiro atoms. The van der Waals surface area contributed by atoms with Crippen molar-refractivity contribution in [2.24, 2.45) is 5.41 Å². The molecule has 0 saturated heterocycles. The summed E-state index contributed by atoms with van der Waals surface area (Å²) in [5.74, 6) is 0.00659. The lowest BCUT2D eigenvalue weighted by atomic mass is 9.87. The van der Waals surface area contributed by atoms with Crippen molar-refractivity contribution in [3.05, 3.63) is 0 Å². The van der Waals surface area contributed by atoms with Gasteiger partial charge in [0.25, 0.3) is 0 Å². The van der Waals surface area contributed by atoms with Crippen molar-refractivity contribution in [2.75, 3.05) is 19.8 Å². The molecule has 1 atom stereocenters. The van der Waals surface area contributed by atoms with Gasteiger partial charge in [0.2, 0.25) is 5.91 Å². The van der Waals surface area contributed by atoms with E-state index in [4.69, 9.17) is 4.74 Å². The molecular weight excluding hydrogens is 206 g/mol. The highest BCUT2D eigenvalue weighted by Crippen LogP contribution is 2.20. The van der Waals surface area contributed by atoms with Crippen molar-refractivity contribution < 1.29 is 14.6 Å². The lowest BCUT2D eigenvalue weighted by molar-refractivity contribution is -0.122. The maximum atomic E-state index is 11.4. The Morgan fingerprint density at radius 3 is 2.62 bits per heavy atom. The average molecular weight is 231 g/mol. The highest BCUT2D eigenvalue weighted by molar-refractivity contribution is 5.75. The number of rotatable bonds is 8. The standard InChI is InChI=1S/C12H25NO3/c1-5-16-7-6-11(15)13-9-12(3,4)8-10(2)14/h10,14H,5-9H2,1-4H3,(H,13,15). The Labute approximate surface area is 98.4 Å². The van der Waals surface area contributed by atoms with Crippen LogP contribution in [-0.4, -0.2) is 36.9 Å². The van der Waals surface area contributed by atoms with Gasteiger partial charge in [-0.15, -0.1) is 0 Å². The zero-order valence-electron chi connectivity index (χ0n) is 10.9. The number of hydrogen-bond acceptors (Lipinski definition) is 3. The quantitative estimate of drug-likeness (QED) is 0.620. The second kappa shape index (κ2) is 7.63. The van der Waals surface area contributed by atoms with Crippen LogP contribution in [0.5, 0.6) is 0 Å². The van der Waals surface area contributed by atoms with Gasteiger partial charge in [0, 0.05) is 19.6 Å². The van der Waals surface area contributed by atoms with Crippen molar-refractivity contribution in [3.8, 4) is 0 Å². The molecule has 0 aromatic carbocycles. The fourth-order valence-electron chi connectivity index (χ4n) is 1.61. The predicted molar refractivity (Wildman–Crippen MR) is 64.2 cm³/mol. The Kier molecular flexibility index (Phi) is 7.34. The summed E-state index contributed by atoms with van der Waals surface area (Å²) in [5, 5.41) is 12.2. The van der Waals surface area contributed by atoms with Gasteiger partial charge in [-0.2, -0.15) is 0 Å². The van der Waals surface area contributed by atoms with E-state index < -0.39 is 0 Å². The monoisotopic (exact) mass is 231 g/mol. The van der Waals surface area contributed by atoms with Gasteiger partial charge in [0.15, 0.2) is 0 Å². The number of nitrogens with one attached hydrogen (secondary N) is 1. The van der Waals surface area contributed by atoms with Gasteiger partial charge in [-0.05, 0) is 25.7 Å². The number of carbonyl (C=O) groups excluding carboxylic acids is 1. The molecule has 4 nitrogen and oxygen atoms in total. The molecule has 0 heterocycles. The molecule has 0 fully saturated rings. The molecule has 0 bridgehead atoms. The van der Waals surface area contributed by atoms with E-state index in [1.807, 2.05) is 20.8 Å². The van der Waals surface area contributed by atoms with Crippen LogP contribution in [0.2, 0.25) is 0 Å². The molecule has 4 heteroatoms. The number of carbonyl (C=O) groups is 1. The topological polar surface area (TPSA) is 58.6 Å². The average Bonchev–Trinajstić information content (AvgIpc) is 2.13. The molecule has 1 amide bonds. The maximum absolute atomic E-state index is 11.4. The van der Waals surface area contributed by atoms with Gasteiger partial charge in [-0.1, -0.05) is 13.8 Å². The Balaban J connectivity index is 3.72. The first-order valence-electron chi connectivity index (χ1n) is 5.90. The van der Waals surface area contributed by atoms with E-state index in [1.165, 1.54) is 0 Å². The fraction of sp³-hybridized carbons (Fsp3) is 0.917. The Bertz CT molecular complexity index is 202. The summed E-state index contributed by atoms with van der Waals surface area (Å²) >= 11 is 0. The van der Waals surface area contributed by atoms with Crippen LogP contribution in [0.3, 0.4) is 0 Å². The highest BCUT2D eigenvalue weighted by atomic mass is 16.5. The van der Waals surface area contributed by atoms with Crippen molar-refractivity contribution in [1.82, 2.24) is 5.32 Å². The normalized spacial score (nSPS) is 13.6. The van der Waals surface area contributed by atoms with E-state index >= 15 is 0 Å². The van der Waals surface area contributed by atoms with E-state index in [1.54, 1.807) is 6.92 Å². The summed E-state index contributed by atoms with van der Waals surface area (Å²) < 4.78 is 5.10. The second-order valence-corrected chi connectivity index (χ2v) is 4.94. The smallest absolute Gasteiger partial charge is 0.222 e. The predicted octanol–water partition coefficient (Wildman–Crippen LogP) is 1.33. The van der Waals surface area contributed by atoms with E-state index in [2.05, 4.69) is 5.32 Å². The Morgan fingerprint density at radius 2 is 2.12 bits per heavy atom. The molecule has 0 saturated carbocycles. The third kappa shape index (κ3) is 8.68. The van der Waals surface area contributed by atoms with Crippen LogP contribution in [0.25, 0.3) is 0 Å². The molecule has 1 unspecified atom stereocenters. The zero-order valence-corrected chi connectivity index (χ0v) is 10.9. The lowest BCUT2D eigenvalue weighted by Crippen LogP contribution is -2.36. The first-order chi connectivity index (χ1) is 7.37. The van der Waals surface area contributed by atoms with Crippen molar-refractivity contribution in [3.63, 3.8) is 0 Å². The number of amides is 1. The third-order valence-electron chi connectivity index (χ3n) is 2.29. The molecule has 0 aromatic heterocycles. The Hall–Kier alpha value is -0.610. The largest absolute Gasteiger partial charge is 0.393 e. The van der Waals surface area contributed by atoms with E-state index in [0.717, 1.165) is 0 Å². The SMILES string of the molecule is CCOCCC(=O)NCC(C)(C)CC(C)O. The molecule has 0 aromatic rings. The van der Waals surface area contributed by atoms with Gasteiger partial charge in [0.05, 0.1) is 12.7 Å². The van der Waals surface area contributed by atoms with Crippen molar-refractivity contribution >= 4 is 5.91 Å². The molecule has 16 heavy (non-hydrogen) atoms. The lowest BCUT2D eigenvalue weighted by Gasteiger charge is -2.26. The van der Waals surface area contributed by atoms with Crippen LogP contribution in [-0.2, 0) is 9.53 Å². The summed E-state index contributed by atoms with van der Waals surface area (Å²) in [4.78, 5) is 11.4. The van der Waals surface area contributed by atoms with Gasteiger partial charge < -0.3 is 15.2 Å². The van der Waals surface area contributed by atoms with Gasteiger partial charge in [-0.3, -0.25) is 4.79 Å². The summed E-state index contributed by atoms with van der Waals surface area (Å²) in [5.41, 5.74) is -0.0740. The molecule has 0 aliphatic carbocycles. The Morgan fingerprint density at radius 1 is 1.50 bits per heavy atom. The summed E-state index contributed by atoms with van der Waals surface area (Å²) in [7, 11) is 0. The van der Waals surface area contributed by atoms with Crippen LogP contribution < -0.4 is 5.32 Å². The fourth-order valence-corrected chi connectivity index (χ4v) is 1.61. The number of aliphatic hydroxyl groups excluding tert-OH is 1. The third-order valence-corrected chi connectivity index (χ3v) is 2.29. The minimum Gasteiger partial charge on any atom is -0.393 e. The van der Waals surface area contributed by atoms with Crippen LogP contribution in [0.4, 0.5) is 0 Å². The molecule has 0 radical (unpaired) electrons. The summed E-state index contributed by atoms with van der Waals surface area (Å²) in [6.07, 6.45) is 0.743.